The summed E-state index contributed by atoms with van der Waals surface area (Å²) in [6.07, 6.45) is 1.58. The highest BCUT2D eigenvalue weighted by atomic mass is 35.5. The number of thioether (sulfide) groups is 1. The van der Waals surface area contributed by atoms with E-state index in [0.717, 1.165) is 11.5 Å². The highest BCUT2D eigenvalue weighted by Gasteiger charge is 2.12. The number of nitrogens with one attached hydrogen (secondary N) is 1. The zero-order valence-corrected chi connectivity index (χ0v) is 15.9. The van der Waals surface area contributed by atoms with Crippen molar-refractivity contribution in [2.75, 3.05) is 12.3 Å². The fraction of sp³-hybridized carbons (Fsp3) is 0.211. The number of rotatable bonds is 7. The van der Waals surface area contributed by atoms with Crippen molar-refractivity contribution in [3.05, 3.63) is 76.6 Å². The van der Waals surface area contributed by atoms with Gasteiger partial charge in [-0.1, -0.05) is 58.8 Å². The standard InChI is InChI=1S/C19H19ClN4OS/c1-14-6-8-15(9-7-14)13-26-11-10-21-19(25)17-12-24(23-22-17)18-5-3-2-4-16(18)20/h2-9,12H,10-11,13H2,1H3,(H,21,25). The topological polar surface area (TPSA) is 59.8 Å². The second-order valence-corrected chi connectivity index (χ2v) is 7.31. The van der Waals surface area contributed by atoms with Crippen molar-refractivity contribution in [1.29, 1.82) is 0 Å². The van der Waals surface area contributed by atoms with Gasteiger partial charge in [0.2, 0.25) is 0 Å². The second kappa shape index (κ2) is 8.87. The normalized spacial score (nSPS) is 10.7. The molecular weight excluding hydrogens is 368 g/mol. The average molecular weight is 387 g/mol. The molecule has 0 spiro atoms. The van der Waals surface area contributed by atoms with Crippen molar-refractivity contribution in [2.24, 2.45) is 0 Å². The number of carbonyl (C=O) groups excluding carboxylic acids is 1. The van der Waals surface area contributed by atoms with E-state index in [-0.39, 0.29) is 11.6 Å². The molecule has 0 saturated heterocycles. The molecular formula is C19H19ClN4OS. The number of carbonyl (C=O) groups is 1. The lowest BCUT2D eigenvalue weighted by atomic mass is 10.2. The van der Waals surface area contributed by atoms with E-state index >= 15 is 0 Å². The number of amides is 1. The van der Waals surface area contributed by atoms with Crippen LogP contribution in [-0.4, -0.2) is 33.2 Å². The van der Waals surface area contributed by atoms with Gasteiger partial charge in [0.05, 0.1) is 16.9 Å². The highest BCUT2D eigenvalue weighted by Crippen LogP contribution is 2.18. The molecule has 0 aliphatic carbocycles. The van der Waals surface area contributed by atoms with E-state index in [9.17, 15) is 4.79 Å². The van der Waals surface area contributed by atoms with Crippen LogP contribution in [0.3, 0.4) is 0 Å². The smallest absolute Gasteiger partial charge is 0.273 e. The summed E-state index contributed by atoms with van der Waals surface area (Å²) < 4.78 is 1.50. The Labute approximate surface area is 161 Å². The number of para-hydroxylation sites is 1. The maximum Gasteiger partial charge on any atom is 0.273 e. The molecule has 1 aromatic heterocycles. The molecule has 3 aromatic rings. The fourth-order valence-electron chi connectivity index (χ4n) is 2.32. The maximum atomic E-state index is 12.2. The Balaban J connectivity index is 1.45. The van der Waals surface area contributed by atoms with E-state index in [1.165, 1.54) is 15.8 Å². The van der Waals surface area contributed by atoms with Gasteiger partial charge in [-0.05, 0) is 24.6 Å². The SMILES string of the molecule is Cc1ccc(CSCCNC(=O)c2cn(-c3ccccc3Cl)nn2)cc1. The van der Waals surface area contributed by atoms with Crippen LogP contribution in [0.2, 0.25) is 5.02 Å². The summed E-state index contributed by atoms with van der Waals surface area (Å²) >= 11 is 7.91. The average Bonchev–Trinajstić information content (AvgIpc) is 3.13. The van der Waals surface area contributed by atoms with Crippen molar-refractivity contribution in [1.82, 2.24) is 20.3 Å². The van der Waals surface area contributed by atoms with Crippen LogP contribution in [0.25, 0.3) is 5.69 Å². The van der Waals surface area contributed by atoms with Gasteiger partial charge in [-0.3, -0.25) is 4.79 Å². The molecule has 1 amide bonds. The number of halogens is 1. The van der Waals surface area contributed by atoms with Gasteiger partial charge in [-0.15, -0.1) is 5.10 Å². The molecule has 26 heavy (non-hydrogen) atoms. The van der Waals surface area contributed by atoms with Crippen LogP contribution in [0.15, 0.2) is 54.7 Å². The predicted molar refractivity (Wildman–Crippen MR) is 106 cm³/mol. The Morgan fingerprint density at radius 3 is 2.73 bits per heavy atom. The third-order valence-corrected chi connectivity index (χ3v) is 5.10. The first kappa shape index (κ1) is 18.5. The molecule has 1 N–H and O–H groups in total. The first-order chi connectivity index (χ1) is 12.6. The van der Waals surface area contributed by atoms with Crippen molar-refractivity contribution in [3.8, 4) is 5.69 Å². The van der Waals surface area contributed by atoms with Gasteiger partial charge in [0, 0.05) is 18.1 Å². The molecule has 7 heteroatoms. The summed E-state index contributed by atoms with van der Waals surface area (Å²) in [5.74, 6) is 1.52. The minimum absolute atomic E-state index is 0.237. The third kappa shape index (κ3) is 4.86. The van der Waals surface area contributed by atoms with Crippen LogP contribution in [-0.2, 0) is 5.75 Å². The number of hydrogen-bond acceptors (Lipinski definition) is 4. The fourth-order valence-corrected chi connectivity index (χ4v) is 3.37. The van der Waals surface area contributed by atoms with Gasteiger partial charge >= 0.3 is 0 Å². The molecule has 0 radical (unpaired) electrons. The zero-order valence-electron chi connectivity index (χ0n) is 14.4. The van der Waals surface area contributed by atoms with Crippen molar-refractivity contribution >= 4 is 29.3 Å². The lowest BCUT2D eigenvalue weighted by molar-refractivity contribution is 0.0951. The van der Waals surface area contributed by atoms with Crippen LogP contribution in [0.1, 0.15) is 21.6 Å². The molecule has 0 aliphatic rings. The van der Waals surface area contributed by atoms with Gasteiger partial charge < -0.3 is 5.32 Å². The van der Waals surface area contributed by atoms with Crippen LogP contribution in [0.5, 0.6) is 0 Å². The van der Waals surface area contributed by atoms with Gasteiger partial charge in [-0.2, -0.15) is 11.8 Å². The quantitative estimate of drug-likeness (QED) is 0.626. The summed E-state index contributed by atoms with van der Waals surface area (Å²) in [6, 6.07) is 15.8. The molecule has 0 bridgehead atoms. The minimum Gasteiger partial charge on any atom is -0.350 e. The van der Waals surface area contributed by atoms with E-state index < -0.39 is 0 Å². The third-order valence-electron chi connectivity index (χ3n) is 3.75. The Kier molecular flexibility index (Phi) is 6.30. The molecule has 3 rings (SSSR count). The molecule has 0 aliphatic heterocycles. The molecule has 2 aromatic carbocycles. The molecule has 0 fully saturated rings. The van der Waals surface area contributed by atoms with E-state index in [2.05, 4.69) is 46.8 Å². The first-order valence-corrected chi connectivity index (χ1v) is 9.75. The van der Waals surface area contributed by atoms with Crippen LogP contribution >= 0.6 is 23.4 Å². The second-order valence-electron chi connectivity index (χ2n) is 5.79. The van der Waals surface area contributed by atoms with Gasteiger partial charge in [-0.25, -0.2) is 4.68 Å². The summed E-state index contributed by atoms with van der Waals surface area (Å²) in [4.78, 5) is 12.2. The lowest BCUT2D eigenvalue weighted by Gasteiger charge is -2.04. The van der Waals surface area contributed by atoms with Crippen LogP contribution in [0.4, 0.5) is 0 Å². The van der Waals surface area contributed by atoms with Gasteiger partial charge in [0.25, 0.3) is 5.91 Å². The van der Waals surface area contributed by atoms with E-state index in [1.54, 1.807) is 24.0 Å². The van der Waals surface area contributed by atoms with Crippen molar-refractivity contribution < 1.29 is 4.79 Å². The lowest BCUT2D eigenvalue weighted by Crippen LogP contribution is -2.26. The van der Waals surface area contributed by atoms with Crippen LogP contribution < -0.4 is 5.32 Å². The number of aryl methyl sites for hydroxylation is 1. The number of nitrogens with zero attached hydrogens (tertiary/aromatic N) is 3. The molecule has 0 saturated carbocycles. The predicted octanol–water partition coefficient (Wildman–Crippen LogP) is 3.89. The number of benzene rings is 2. The molecule has 134 valence electrons. The molecule has 1 heterocycles. The summed E-state index contributed by atoms with van der Waals surface area (Å²) in [7, 11) is 0. The first-order valence-electron chi connectivity index (χ1n) is 8.22. The number of aromatic nitrogens is 3. The summed E-state index contributed by atoms with van der Waals surface area (Å²) in [5.41, 5.74) is 3.51. The summed E-state index contributed by atoms with van der Waals surface area (Å²) in [5, 5.41) is 11.3. The van der Waals surface area contributed by atoms with E-state index in [4.69, 9.17) is 11.6 Å². The van der Waals surface area contributed by atoms with Gasteiger partial charge in [0.15, 0.2) is 5.69 Å². The molecule has 0 atom stereocenters. The monoisotopic (exact) mass is 386 g/mol. The zero-order chi connectivity index (χ0) is 18.4. The maximum absolute atomic E-state index is 12.2. The van der Waals surface area contributed by atoms with Crippen molar-refractivity contribution in [2.45, 2.75) is 12.7 Å². The molecule has 5 nitrogen and oxygen atoms in total. The molecule has 0 unspecified atom stereocenters. The summed E-state index contributed by atoms with van der Waals surface area (Å²) in [6.45, 7) is 2.66. The Morgan fingerprint density at radius 1 is 1.19 bits per heavy atom. The Morgan fingerprint density at radius 2 is 1.96 bits per heavy atom. The van der Waals surface area contributed by atoms with E-state index in [1.807, 2.05) is 18.2 Å². The van der Waals surface area contributed by atoms with E-state index in [0.29, 0.717) is 17.3 Å². The largest absolute Gasteiger partial charge is 0.350 e. The Bertz CT molecular complexity index is 879. The van der Waals surface area contributed by atoms with Crippen LogP contribution in [0, 0.1) is 6.92 Å². The van der Waals surface area contributed by atoms with Gasteiger partial charge in [0.1, 0.15) is 0 Å². The highest BCUT2D eigenvalue weighted by molar-refractivity contribution is 7.98. The number of hydrogen-bond donors (Lipinski definition) is 1. The van der Waals surface area contributed by atoms with Crippen molar-refractivity contribution in [3.63, 3.8) is 0 Å². The minimum atomic E-state index is -0.237. The Hall–Kier alpha value is -2.31.